The highest BCUT2D eigenvalue weighted by Crippen LogP contribution is 2.40. The van der Waals surface area contributed by atoms with E-state index in [0.29, 0.717) is 38.3 Å². The van der Waals surface area contributed by atoms with Gasteiger partial charge in [0.25, 0.3) is 0 Å². The number of anilines is 2. The van der Waals surface area contributed by atoms with E-state index in [9.17, 15) is 13.6 Å². The second-order valence-electron chi connectivity index (χ2n) is 6.02. The van der Waals surface area contributed by atoms with E-state index in [2.05, 4.69) is 15.3 Å². The van der Waals surface area contributed by atoms with Crippen LogP contribution in [0.15, 0.2) is 18.2 Å². The predicted molar refractivity (Wildman–Crippen MR) is 93.8 cm³/mol. The van der Waals surface area contributed by atoms with Gasteiger partial charge in [0.15, 0.2) is 17.4 Å². The number of carbonyl (C=O) groups is 1. The van der Waals surface area contributed by atoms with Crippen LogP contribution in [0.5, 0.6) is 0 Å². The van der Waals surface area contributed by atoms with Gasteiger partial charge in [0.05, 0.1) is 21.6 Å². The predicted octanol–water partition coefficient (Wildman–Crippen LogP) is 4.00. The summed E-state index contributed by atoms with van der Waals surface area (Å²) in [6.07, 6.45) is 2.07. The molecule has 128 valence electrons. The molecule has 0 unspecified atom stereocenters. The summed E-state index contributed by atoms with van der Waals surface area (Å²) >= 11 is 1.18. The monoisotopic (exact) mass is 360 g/mol. The molecule has 2 aromatic heterocycles. The molecule has 0 spiro atoms. The van der Waals surface area contributed by atoms with Gasteiger partial charge in [-0.3, -0.25) is 4.79 Å². The molecule has 1 fully saturated rings. The normalized spacial score (nSPS) is 14.0. The first-order valence-corrected chi connectivity index (χ1v) is 8.58. The summed E-state index contributed by atoms with van der Waals surface area (Å²) in [4.78, 5) is 21.6. The van der Waals surface area contributed by atoms with E-state index in [0.717, 1.165) is 25.0 Å². The average molecular weight is 360 g/mol. The van der Waals surface area contributed by atoms with Gasteiger partial charge in [0, 0.05) is 18.5 Å². The maximum Gasteiger partial charge on any atom is 0.224 e. The molecule has 1 aromatic carbocycles. The van der Waals surface area contributed by atoms with Crippen LogP contribution in [0.2, 0.25) is 0 Å². The van der Waals surface area contributed by atoms with Crippen molar-refractivity contribution >= 4 is 39.0 Å². The summed E-state index contributed by atoms with van der Waals surface area (Å²) in [7, 11) is 0. The minimum atomic E-state index is -0.971. The number of hydrogen-bond donors (Lipinski definition) is 2. The van der Waals surface area contributed by atoms with E-state index in [-0.39, 0.29) is 11.5 Å². The molecular formula is C17H14F2N4OS. The number of hydrogen-bond acceptors (Lipinski definition) is 6. The first kappa shape index (κ1) is 15.9. The molecule has 2 heterocycles. The lowest BCUT2D eigenvalue weighted by Gasteiger charge is -2.09. The van der Waals surface area contributed by atoms with Crippen LogP contribution < -0.4 is 11.1 Å². The van der Waals surface area contributed by atoms with Gasteiger partial charge in [-0.25, -0.2) is 18.7 Å². The van der Waals surface area contributed by atoms with Crippen molar-refractivity contribution in [3.05, 3.63) is 34.7 Å². The van der Waals surface area contributed by atoms with Crippen LogP contribution in [-0.2, 0) is 0 Å². The Labute approximate surface area is 145 Å². The number of halogens is 2. The van der Waals surface area contributed by atoms with Gasteiger partial charge in [0.1, 0.15) is 4.83 Å². The molecule has 1 aliphatic carbocycles. The number of nitrogens with zero attached hydrogens (tertiary/aromatic N) is 2. The number of ketones is 1. The number of benzene rings is 1. The lowest BCUT2D eigenvalue weighted by molar-refractivity contribution is 0.102. The van der Waals surface area contributed by atoms with Crippen molar-refractivity contribution in [2.24, 2.45) is 0 Å². The van der Waals surface area contributed by atoms with Crippen LogP contribution in [0.1, 0.15) is 29.4 Å². The Hall–Kier alpha value is -2.61. The Morgan fingerprint density at radius 3 is 2.68 bits per heavy atom. The van der Waals surface area contributed by atoms with Crippen molar-refractivity contribution in [2.75, 3.05) is 11.1 Å². The average Bonchev–Trinajstić information content (AvgIpc) is 3.31. The molecule has 8 heteroatoms. The number of rotatable bonds is 4. The SMILES string of the molecule is CC(=O)c1sc2nc(NC3CC3)nc(-c3ccc(F)c(F)c3)c2c1N. The summed E-state index contributed by atoms with van der Waals surface area (Å²) in [5, 5.41) is 3.68. The first-order chi connectivity index (χ1) is 11.9. The zero-order chi connectivity index (χ0) is 17.7. The van der Waals surface area contributed by atoms with Crippen molar-refractivity contribution < 1.29 is 13.6 Å². The fraction of sp³-hybridized carbons (Fsp3) is 0.235. The van der Waals surface area contributed by atoms with Gasteiger partial charge in [-0.05, 0) is 31.0 Å². The van der Waals surface area contributed by atoms with E-state index < -0.39 is 11.6 Å². The lowest BCUT2D eigenvalue weighted by Crippen LogP contribution is -2.06. The minimum Gasteiger partial charge on any atom is -0.397 e. The van der Waals surface area contributed by atoms with Crippen molar-refractivity contribution in [3.63, 3.8) is 0 Å². The number of Topliss-reactive ketones (excluding diaryl/α,β-unsaturated/α-hetero) is 1. The number of aromatic nitrogens is 2. The fourth-order valence-corrected chi connectivity index (χ4v) is 3.60. The van der Waals surface area contributed by atoms with Crippen molar-refractivity contribution in [3.8, 4) is 11.3 Å². The number of nitrogens with one attached hydrogen (secondary N) is 1. The standard InChI is InChI=1S/C17H14F2N4OS/c1-7(24)15-13(20)12-14(8-2-5-10(18)11(19)6-8)22-17(21-9-3-4-9)23-16(12)25-15/h2,5-6,9H,3-4,20H2,1H3,(H,21,22,23). The van der Waals surface area contributed by atoms with Crippen LogP contribution in [-0.4, -0.2) is 21.8 Å². The summed E-state index contributed by atoms with van der Waals surface area (Å²) < 4.78 is 27.0. The highest BCUT2D eigenvalue weighted by molar-refractivity contribution is 7.21. The second-order valence-corrected chi connectivity index (χ2v) is 7.02. The van der Waals surface area contributed by atoms with Gasteiger partial charge in [-0.2, -0.15) is 0 Å². The van der Waals surface area contributed by atoms with Crippen LogP contribution >= 0.6 is 11.3 Å². The third kappa shape index (κ3) is 2.82. The van der Waals surface area contributed by atoms with Gasteiger partial charge in [-0.1, -0.05) is 0 Å². The molecule has 1 aliphatic rings. The molecule has 0 saturated heterocycles. The third-order valence-corrected chi connectivity index (χ3v) is 5.21. The molecule has 0 aliphatic heterocycles. The topological polar surface area (TPSA) is 80.9 Å². The molecule has 3 N–H and O–H groups in total. The summed E-state index contributed by atoms with van der Waals surface area (Å²) in [5.74, 6) is -1.69. The van der Waals surface area contributed by atoms with Gasteiger partial charge < -0.3 is 11.1 Å². The van der Waals surface area contributed by atoms with E-state index in [1.807, 2.05) is 0 Å². The zero-order valence-electron chi connectivity index (χ0n) is 13.3. The molecular weight excluding hydrogens is 346 g/mol. The Morgan fingerprint density at radius 1 is 1.28 bits per heavy atom. The molecule has 0 radical (unpaired) electrons. The number of nitrogen functional groups attached to an aromatic ring is 1. The number of carbonyl (C=O) groups excluding carboxylic acids is 1. The molecule has 0 bridgehead atoms. The Kier molecular flexibility index (Phi) is 3.64. The van der Waals surface area contributed by atoms with Crippen LogP contribution in [0.4, 0.5) is 20.4 Å². The van der Waals surface area contributed by atoms with Crippen LogP contribution in [0, 0.1) is 11.6 Å². The number of fused-ring (bicyclic) bond motifs is 1. The van der Waals surface area contributed by atoms with E-state index >= 15 is 0 Å². The van der Waals surface area contributed by atoms with Gasteiger partial charge in [0.2, 0.25) is 5.95 Å². The smallest absolute Gasteiger partial charge is 0.224 e. The highest BCUT2D eigenvalue weighted by Gasteiger charge is 2.25. The number of thiophene rings is 1. The van der Waals surface area contributed by atoms with Crippen molar-refractivity contribution in [1.82, 2.24) is 9.97 Å². The van der Waals surface area contributed by atoms with E-state index in [1.165, 1.54) is 24.3 Å². The molecule has 1 saturated carbocycles. The van der Waals surface area contributed by atoms with Gasteiger partial charge >= 0.3 is 0 Å². The summed E-state index contributed by atoms with van der Waals surface area (Å²) in [5.41, 5.74) is 7.16. The molecule has 0 atom stereocenters. The van der Waals surface area contributed by atoms with E-state index in [1.54, 1.807) is 0 Å². The van der Waals surface area contributed by atoms with Gasteiger partial charge in [-0.15, -0.1) is 11.3 Å². The Morgan fingerprint density at radius 2 is 2.04 bits per heavy atom. The van der Waals surface area contributed by atoms with Crippen LogP contribution in [0.25, 0.3) is 21.5 Å². The lowest BCUT2D eigenvalue weighted by atomic mass is 10.1. The second kappa shape index (κ2) is 5.73. The highest BCUT2D eigenvalue weighted by atomic mass is 32.1. The quantitative estimate of drug-likeness (QED) is 0.688. The largest absolute Gasteiger partial charge is 0.397 e. The maximum atomic E-state index is 13.7. The first-order valence-electron chi connectivity index (χ1n) is 7.77. The molecule has 25 heavy (non-hydrogen) atoms. The maximum absolute atomic E-state index is 13.7. The number of nitrogens with two attached hydrogens (primary N) is 1. The summed E-state index contributed by atoms with van der Waals surface area (Å²) in [6.45, 7) is 1.43. The third-order valence-electron chi connectivity index (χ3n) is 4.01. The van der Waals surface area contributed by atoms with Crippen LogP contribution in [0.3, 0.4) is 0 Å². The minimum absolute atomic E-state index is 0.173. The van der Waals surface area contributed by atoms with Crippen molar-refractivity contribution in [2.45, 2.75) is 25.8 Å². The van der Waals surface area contributed by atoms with E-state index in [4.69, 9.17) is 5.73 Å². The Balaban J connectivity index is 1.97. The summed E-state index contributed by atoms with van der Waals surface area (Å²) in [6, 6.07) is 3.87. The fourth-order valence-electron chi connectivity index (χ4n) is 2.61. The molecule has 5 nitrogen and oxygen atoms in total. The zero-order valence-corrected chi connectivity index (χ0v) is 14.1. The Bertz CT molecular complexity index is 1010. The van der Waals surface area contributed by atoms with Crippen molar-refractivity contribution in [1.29, 1.82) is 0 Å². The molecule has 4 rings (SSSR count). The molecule has 3 aromatic rings. The molecule has 0 amide bonds.